The number of benzene rings is 2. The van der Waals surface area contributed by atoms with Crippen molar-refractivity contribution in [2.45, 2.75) is 37.6 Å². The van der Waals surface area contributed by atoms with Crippen molar-refractivity contribution in [1.29, 1.82) is 0 Å². The summed E-state index contributed by atoms with van der Waals surface area (Å²) in [5.41, 5.74) is 0. The minimum absolute atomic E-state index is 0.271. The van der Waals surface area contributed by atoms with E-state index in [1.165, 1.54) is 23.2 Å². The smallest absolute Gasteiger partial charge is 0.207 e. The Morgan fingerprint density at radius 2 is 1.67 bits per heavy atom. The lowest BCUT2D eigenvalue weighted by Gasteiger charge is -2.32. The van der Waals surface area contributed by atoms with Crippen molar-refractivity contribution in [1.82, 2.24) is 4.67 Å². The number of nitrogens with zero attached hydrogens (tertiary/aromatic N) is 1. The molecule has 0 N–H and O–H groups in total. The van der Waals surface area contributed by atoms with E-state index in [9.17, 15) is 0 Å². The van der Waals surface area contributed by atoms with Gasteiger partial charge in [0.15, 0.2) is 0 Å². The van der Waals surface area contributed by atoms with E-state index in [-0.39, 0.29) is 6.10 Å². The first-order valence-electron chi connectivity index (χ1n) is 8.69. The molecule has 0 bridgehead atoms. The molecule has 2 nitrogen and oxygen atoms in total. The van der Waals surface area contributed by atoms with Crippen LogP contribution in [0, 0.1) is 0 Å². The first-order valence-corrected chi connectivity index (χ1v) is 13.5. The maximum absolute atomic E-state index is 6.51. The molecule has 2 saturated heterocycles. The summed E-state index contributed by atoms with van der Waals surface area (Å²) in [7, 11) is -2.76. The van der Waals surface area contributed by atoms with Crippen LogP contribution in [0.5, 0.6) is 0 Å². The highest BCUT2D eigenvalue weighted by atomic mass is 35.7. The van der Waals surface area contributed by atoms with Crippen LogP contribution < -0.4 is 10.4 Å². The molecule has 4 rings (SSSR count). The molecule has 0 aliphatic carbocycles. The molecule has 3 atom stereocenters. The van der Waals surface area contributed by atoms with Gasteiger partial charge in [0, 0.05) is 12.6 Å². The fourth-order valence-electron chi connectivity index (χ4n) is 4.18. The fraction of sp³-hybridized carbons (Fsp3) is 0.368. The van der Waals surface area contributed by atoms with Crippen molar-refractivity contribution >= 4 is 37.3 Å². The second-order valence-electron chi connectivity index (χ2n) is 7.01. The van der Waals surface area contributed by atoms with E-state index < -0.39 is 15.7 Å². The average Bonchev–Trinajstić information content (AvgIpc) is 3.22. The largest absolute Gasteiger partial charge is 0.327 e. The quantitative estimate of drug-likeness (QED) is 0.586. The fourth-order valence-corrected chi connectivity index (χ4v) is 10.4. The molecule has 0 amide bonds. The maximum Gasteiger partial charge on any atom is 0.207 e. The predicted molar refractivity (Wildman–Crippen MR) is 106 cm³/mol. The molecule has 5 heteroatoms. The molecular weight excluding hydrogens is 353 g/mol. The summed E-state index contributed by atoms with van der Waals surface area (Å²) in [6.07, 6.45) is 2.75. The highest BCUT2D eigenvalue weighted by Crippen LogP contribution is 2.59. The first kappa shape index (κ1) is 16.7. The third-order valence-electron chi connectivity index (χ3n) is 5.55. The van der Waals surface area contributed by atoms with Crippen molar-refractivity contribution in [3.8, 4) is 0 Å². The van der Waals surface area contributed by atoms with Crippen LogP contribution in [0.4, 0.5) is 0 Å². The summed E-state index contributed by atoms with van der Waals surface area (Å²) < 4.78 is 8.67. The molecule has 2 aliphatic heterocycles. The Bertz CT molecular complexity index is 647. The second kappa shape index (κ2) is 6.90. The average molecular weight is 376 g/mol. The third-order valence-corrected chi connectivity index (χ3v) is 12.2. The Morgan fingerprint density at radius 1 is 1.08 bits per heavy atom. The molecular formula is C19H23ClNOPSi. The number of rotatable bonds is 4. The summed E-state index contributed by atoms with van der Waals surface area (Å²) in [6, 6.07) is 23.7. The lowest BCUT2D eigenvalue weighted by molar-refractivity contribution is 0.231. The lowest BCUT2D eigenvalue weighted by atomic mass is 10.1. The van der Waals surface area contributed by atoms with Crippen LogP contribution in [0.1, 0.15) is 12.8 Å². The highest BCUT2D eigenvalue weighted by Gasteiger charge is 2.48. The van der Waals surface area contributed by atoms with Crippen molar-refractivity contribution in [3.63, 3.8) is 0 Å². The van der Waals surface area contributed by atoms with Gasteiger partial charge in [0.05, 0.1) is 6.10 Å². The van der Waals surface area contributed by atoms with E-state index in [4.69, 9.17) is 15.8 Å². The zero-order chi connectivity index (χ0) is 16.6. The Labute approximate surface area is 151 Å². The second-order valence-corrected chi connectivity index (χ2v) is 13.3. The number of hydrogen-bond acceptors (Lipinski definition) is 2. The molecule has 0 spiro atoms. The van der Waals surface area contributed by atoms with E-state index in [0.29, 0.717) is 6.04 Å². The molecule has 2 fully saturated rings. The number of hydrogen-bond donors (Lipinski definition) is 0. The van der Waals surface area contributed by atoms with Crippen LogP contribution in [0.15, 0.2) is 60.7 Å². The minimum Gasteiger partial charge on any atom is -0.327 e. The van der Waals surface area contributed by atoms with Gasteiger partial charge in [-0.3, -0.25) is 0 Å². The lowest BCUT2D eigenvalue weighted by Crippen LogP contribution is -2.58. The molecule has 0 saturated carbocycles. The van der Waals surface area contributed by atoms with E-state index >= 15 is 0 Å². The van der Waals surface area contributed by atoms with Crippen molar-refractivity contribution < 1.29 is 4.52 Å². The number of halogens is 1. The summed E-state index contributed by atoms with van der Waals surface area (Å²) in [6.45, 7) is 3.58. The monoisotopic (exact) mass is 375 g/mol. The van der Waals surface area contributed by atoms with Crippen LogP contribution in [-0.2, 0) is 4.52 Å². The maximum atomic E-state index is 6.51. The van der Waals surface area contributed by atoms with Gasteiger partial charge < -0.3 is 4.52 Å². The molecule has 2 unspecified atom stereocenters. The van der Waals surface area contributed by atoms with E-state index in [0.717, 1.165) is 12.6 Å². The van der Waals surface area contributed by atoms with Gasteiger partial charge in [-0.25, -0.2) is 4.67 Å². The van der Waals surface area contributed by atoms with Crippen LogP contribution in [0.2, 0.25) is 12.6 Å². The van der Waals surface area contributed by atoms with Gasteiger partial charge in [-0.2, -0.15) is 0 Å². The first-order chi connectivity index (χ1) is 11.7. The summed E-state index contributed by atoms with van der Waals surface area (Å²) in [4.78, 5) is 0. The zero-order valence-electron chi connectivity index (χ0n) is 13.9. The zero-order valence-corrected chi connectivity index (χ0v) is 16.6. The third kappa shape index (κ3) is 2.98. The van der Waals surface area contributed by atoms with Crippen molar-refractivity contribution in [3.05, 3.63) is 60.7 Å². The Hall–Kier alpha value is -0.703. The van der Waals surface area contributed by atoms with Gasteiger partial charge in [0.1, 0.15) is 8.07 Å². The molecule has 24 heavy (non-hydrogen) atoms. The van der Waals surface area contributed by atoms with Crippen LogP contribution in [0.3, 0.4) is 0 Å². The van der Waals surface area contributed by atoms with E-state index in [2.05, 4.69) is 71.9 Å². The summed E-state index contributed by atoms with van der Waals surface area (Å²) in [5.74, 6) is 0. The van der Waals surface area contributed by atoms with Crippen LogP contribution >= 0.6 is 18.9 Å². The Kier molecular flexibility index (Phi) is 4.81. The van der Waals surface area contributed by atoms with Crippen molar-refractivity contribution in [2.75, 3.05) is 6.54 Å². The van der Waals surface area contributed by atoms with Gasteiger partial charge in [-0.05, 0) is 30.1 Å². The standard InChI is InChI=1S/C19H23ClNOPSi/c1-24(16-9-4-2-5-10-16,17-11-6-3-7-12-17)15-19-18-13-8-14-21(18)23(20)22-19/h2-7,9-12,18-19H,8,13-15H2,1H3/t18?,19-,23?/m1/s1. The molecule has 2 heterocycles. The highest BCUT2D eigenvalue weighted by molar-refractivity contribution is 7.78. The molecule has 2 aliphatic rings. The minimum atomic E-state index is -1.86. The molecule has 2 aromatic rings. The van der Waals surface area contributed by atoms with E-state index in [1.807, 2.05) is 0 Å². The normalized spacial score (nSPS) is 27.3. The van der Waals surface area contributed by atoms with Gasteiger partial charge in [-0.1, -0.05) is 77.6 Å². The van der Waals surface area contributed by atoms with Gasteiger partial charge in [0.2, 0.25) is 7.65 Å². The Balaban J connectivity index is 1.69. The SMILES string of the molecule is C[Si](C[C@H]1OP(Cl)N2CCCC12)(c1ccccc1)c1ccccc1. The van der Waals surface area contributed by atoms with Crippen LogP contribution in [-0.4, -0.2) is 31.4 Å². The summed E-state index contributed by atoms with van der Waals surface area (Å²) in [5, 5.41) is 2.96. The topological polar surface area (TPSA) is 12.5 Å². The van der Waals surface area contributed by atoms with Gasteiger partial charge in [0.25, 0.3) is 0 Å². The molecule has 0 aromatic heterocycles. The summed E-state index contributed by atoms with van der Waals surface area (Å²) >= 11 is 6.51. The predicted octanol–water partition coefficient (Wildman–Crippen LogP) is 4.21. The molecule has 0 radical (unpaired) electrons. The molecule has 2 aromatic carbocycles. The Morgan fingerprint density at radius 3 is 2.25 bits per heavy atom. The number of fused-ring (bicyclic) bond motifs is 1. The van der Waals surface area contributed by atoms with Gasteiger partial charge in [-0.15, -0.1) is 0 Å². The van der Waals surface area contributed by atoms with Crippen LogP contribution in [0.25, 0.3) is 0 Å². The van der Waals surface area contributed by atoms with E-state index in [1.54, 1.807) is 0 Å². The van der Waals surface area contributed by atoms with Crippen molar-refractivity contribution in [2.24, 2.45) is 0 Å². The van der Waals surface area contributed by atoms with Gasteiger partial charge >= 0.3 is 0 Å². The molecule has 126 valence electrons.